The van der Waals surface area contributed by atoms with Crippen molar-refractivity contribution in [2.24, 2.45) is 0 Å². The predicted molar refractivity (Wildman–Crippen MR) is 60.3 cm³/mol. The fourth-order valence-electron chi connectivity index (χ4n) is 1.28. The number of aromatic amines is 1. The van der Waals surface area contributed by atoms with Crippen LogP contribution in [0.3, 0.4) is 0 Å². The highest BCUT2D eigenvalue weighted by atomic mass is 32.1. The van der Waals surface area contributed by atoms with Gasteiger partial charge in [-0.25, -0.2) is 0 Å². The molecule has 0 bridgehead atoms. The van der Waals surface area contributed by atoms with E-state index in [1.54, 1.807) is 6.33 Å². The highest BCUT2D eigenvalue weighted by molar-refractivity contribution is 7.71. The number of aryl methyl sites for hydroxylation is 2. The lowest BCUT2D eigenvalue weighted by Gasteiger charge is -1.96. The number of hydrogen-bond acceptors (Lipinski definition) is 3. The second-order valence-electron chi connectivity index (χ2n) is 3.24. The van der Waals surface area contributed by atoms with E-state index in [-0.39, 0.29) is 0 Å². The van der Waals surface area contributed by atoms with E-state index in [2.05, 4.69) is 30.1 Å². The van der Waals surface area contributed by atoms with Crippen LogP contribution in [0, 0.1) is 18.6 Å². The van der Waals surface area contributed by atoms with Gasteiger partial charge in [-0.1, -0.05) is 0 Å². The van der Waals surface area contributed by atoms with Crippen LogP contribution in [0.25, 0.3) is 0 Å². The average Bonchev–Trinajstić information content (AvgIpc) is 2.63. The molecule has 2 heterocycles. The summed E-state index contributed by atoms with van der Waals surface area (Å²) in [6.07, 6.45) is 1.73. The molecule has 0 aliphatic carbocycles. The lowest BCUT2D eigenvalue weighted by atomic mass is 10.3. The standard InChI is InChI=1S/C9H11N3S2/c1-6-3-8(14-7(6)2)4-12-5-10-11-9(12)13/h3,5H,4H2,1-2H3,(H,11,13). The SMILES string of the molecule is Cc1cc(Cn2cn[nH]c2=S)sc1C. The molecule has 0 aliphatic rings. The Morgan fingerprint density at radius 1 is 1.57 bits per heavy atom. The first-order valence-corrected chi connectivity index (χ1v) is 5.55. The van der Waals surface area contributed by atoms with E-state index in [9.17, 15) is 0 Å². The second-order valence-corrected chi connectivity index (χ2v) is 4.97. The highest BCUT2D eigenvalue weighted by Gasteiger charge is 2.02. The molecule has 0 aliphatic heterocycles. The van der Waals surface area contributed by atoms with Gasteiger partial charge in [0.1, 0.15) is 6.33 Å². The van der Waals surface area contributed by atoms with Crippen LogP contribution in [0.4, 0.5) is 0 Å². The number of nitrogens with zero attached hydrogens (tertiary/aromatic N) is 2. The molecule has 0 fully saturated rings. The summed E-state index contributed by atoms with van der Waals surface area (Å²) in [4.78, 5) is 2.69. The molecule has 0 amide bonds. The first-order valence-electron chi connectivity index (χ1n) is 4.32. The molecule has 1 N–H and O–H groups in total. The molecule has 0 unspecified atom stereocenters. The van der Waals surface area contributed by atoms with Crippen LogP contribution in [0.5, 0.6) is 0 Å². The molecule has 0 radical (unpaired) electrons. The van der Waals surface area contributed by atoms with Crippen molar-refractivity contribution in [1.29, 1.82) is 0 Å². The third-order valence-corrected chi connectivity index (χ3v) is 3.62. The van der Waals surface area contributed by atoms with E-state index < -0.39 is 0 Å². The van der Waals surface area contributed by atoms with Gasteiger partial charge in [0.2, 0.25) is 0 Å². The smallest absolute Gasteiger partial charge is 0.195 e. The van der Waals surface area contributed by atoms with Crippen LogP contribution >= 0.6 is 23.6 Å². The summed E-state index contributed by atoms with van der Waals surface area (Å²) in [6.45, 7) is 5.08. The highest BCUT2D eigenvalue weighted by Crippen LogP contribution is 2.21. The minimum Gasteiger partial charge on any atom is -0.301 e. The molecular formula is C9H11N3S2. The molecule has 2 aromatic rings. The van der Waals surface area contributed by atoms with E-state index >= 15 is 0 Å². The fourth-order valence-corrected chi connectivity index (χ4v) is 2.50. The van der Waals surface area contributed by atoms with Crippen molar-refractivity contribution >= 4 is 23.6 Å². The Bertz CT molecular complexity index is 473. The van der Waals surface area contributed by atoms with E-state index in [1.165, 1.54) is 15.3 Å². The van der Waals surface area contributed by atoms with E-state index in [0.717, 1.165) is 6.54 Å². The first kappa shape index (κ1) is 9.61. The summed E-state index contributed by atoms with van der Waals surface area (Å²) in [5.74, 6) is 0. The normalized spacial score (nSPS) is 10.7. The van der Waals surface area contributed by atoms with Gasteiger partial charge in [0.15, 0.2) is 4.77 Å². The summed E-state index contributed by atoms with van der Waals surface area (Å²) in [5.41, 5.74) is 1.35. The molecule has 0 atom stereocenters. The topological polar surface area (TPSA) is 33.6 Å². The maximum absolute atomic E-state index is 5.07. The van der Waals surface area contributed by atoms with Gasteiger partial charge in [-0.2, -0.15) is 5.10 Å². The molecule has 2 rings (SSSR count). The number of aromatic nitrogens is 3. The van der Waals surface area contributed by atoms with Crippen molar-refractivity contribution in [2.45, 2.75) is 20.4 Å². The van der Waals surface area contributed by atoms with Gasteiger partial charge >= 0.3 is 0 Å². The van der Waals surface area contributed by atoms with E-state index in [1.807, 2.05) is 15.9 Å². The molecule has 74 valence electrons. The van der Waals surface area contributed by atoms with Crippen LogP contribution in [0.2, 0.25) is 0 Å². The molecule has 5 heteroatoms. The Labute approximate surface area is 91.4 Å². The van der Waals surface area contributed by atoms with Crippen LogP contribution in [0.1, 0.15) is 15.3 Å². The molecule has 0 spiro atoms. The Hall–Kier alpha value is -0.940. The van der Waals surface area contributed by atoms with Crippen LogP contribution in [-0.4, -0.2) is 14.8 Å². The summed E-state index contributed by atoms with van der Waals surface area (Å²) in [6, 6.07) is 2.20. The minimum absolute atomic E-state index is 0.675. The number of nitrogens with one attached hydrogen (secondary N) is 1. The number of thiophene rings is 1. The number of hydrogen-bond donors (Lipinski definition) is 1. The number of H-pyrrole nitrogens is 1. The van der Waals surface area contributed by atoms with Gasteiger partial charge in [0.25, 0.3) is 0 Å². The molecule has 14 heavy (non-hydrogen) atoms. The summed E-state index contributed by atoms with van der Waals surface area (Å²) in [5, 5.41) is 6.63. The van der Waals surface area contributed by atoms with Crippen molar-refractivity contribution in [1.82, 2.24) is 14.8 Å². The van der Waals surface area contributed by atoms with Gasteiger partial charge < -0.3 is 4.57 Å². The molecular weight excluding hydrogens is 214 g/mol. The lowest BCUT2D eigenvalue weighted by Crippen LogP contribution is -1.95. The molecule has 0 saturated heterocycles. The first-order chi connectivity index (χ1) is 6.66. The predicted octanol–water partition coefficient (Wildman–Crippen LogP) is 2.67. The third kappa shape index (κ3) is 1.78. The second kappa shape index (κ2) is 3.67. The zero-order chi connectivity index (χ0) is 10.1. The summed E-state index contributed by atoms with van der Waals surface area (Å²) < 4.78 is 2.61. The largest absolute Gasteiger partial charge is 0.301 e. The summed E-state index contributed by atoms with van der Waals surface area (Å²) in [7, 11) is 0. The number of rotatable bonds is 2. The van der Waals surface area contributed by atoms with E-state index in [0.29, 0.717) is 4.77 Å². The van der Waals surface area contributed by atoms with Crippen molar-refractivity contribution in [3.63, 3.8) is 0 Å². The molecule has 0 aromatic carbocycles. The fraction of sp³-hybridized carbons (Fsp3) is 0.333. The summed E-state index contributed by atoms with van der Waals surface area (Å²) >= 11 is 6.89. The third-order valence-electron chi connectivity index (χ3n) is 2.16. The molecule has 0 saturated carbocycles. The maximum Gasteiger partial charge on any atom is 0.195 e. The quantitative estimate of drug-likeness (QED) is 0.797. The van der Waals surface area contributed by atoms with Gasteiger partial charge in [0, 0.05) is 9.75 Å². The van der Waals surface area contributed by atoms with Gasteiger partial charge in [0.05, 0.1) is 6.54 Å². The Morgan fingerprint density at radius 2 is 2.36 bits per heavy atom. The van der Waals surface area contributed by atoms with Crippen LogP contribution < -0.4 is 0 Å². The zero-order valence-corrected chi connectivity index (χ0v) is 9.71. The Kier molecular flexibility index (Phi) is 2.52. The Balaban J connectivity index is 2.27. The zero-order valence-electron chi connectivity index (χ0n) is 8.07. The van der Waals surface area contributed by atoms with Gasteiger partial charge in [-0.3, -0.25) is 5.10 Å². The lowest BCUT2D eigenvalue weighted by molar-refractivity contribution is 0.794. The molecule has 2 aromatic heterocycles. The molecule has 3 nitrogen and oxygen atoms in total. The van der Waals surface area contributed by atoms with Gasteiger partial charge in [-0.05, 0) is 37.7 Å². The van der Waals surface area contributed by atoms with Gasteiger partial charge in [-0.15, -0.1) is 11.3 Å². The van der Waals surface area contributed by atoms with Crippen molar-refractivity contribution < 1.29 is 0 Å². The van der Waals surface area contributed by atoms with Crippen LogP contribution in [0.15, 0.2) is 12.4 Å². The van der Waals surface area contributed by atoms with E-state index in [4.69, 9.17) is 12.2 Å². The minimum atomic E-state index is 0.675. The Morgan fingerprint density at radius 3 is 2.86 bits per heavy atom. The average molecular weight is 225 g/mol. The monoisotopic (exact) mass is 225 g/mol. The van der Waals surface area contributed by atoms with Crippen LogP contribution in [-0.2, 0) is 6.54 Å². The van der Waals surface area contributed by atoms with Crippen molar-refractivity contribution in [2.75, 3.05) is 0 Å². The van der Waals surface area contributed by atoms with Crippen molar-refractivity contribution in [3.8, 4) is 0 Å². The van der Waals surface area contributed by atoms with Crippen molar-refractivity contribution in [3.05, 3.63) is 32.5 Å². The maximum atomic E-state index is 5.07.